The number of benzene rings is 6. The molecule has 2 aliphatic rings. The molecule has 6 aromatic carbocycles. The predicted octanol–water partition coefficient (Wildman–Crippen LogP) is 9.65. The van der Waals surface area contributed by atoms with E-state index in [0.29, 0.717) is 45.0 Å². The molecular formula is C48H45NO8. The number of hydrogen-bond acceptors (Lipinski definition) is 8. The smallest absolute Gasteiger partial charge is 0.270 e. The van der Waals surface area contributed by atoms with E-state index in [1.54, 1.807) is 12.1 Å². The number of non-ortho nitro benzene ring substituents is 1. The van der Waals surface area contributed by atoms with E-state index in [9.17, 15) is 10.1 Å². The summed E-state index contributed by atoms with van der Waals surface area (Å²) >= 11 is 0. The van der Waals surface area contributed by atoms with Gasteiger partial charge in [0, 0.05) is 18.6 Å². The Morgan fingerprint density at radius 3 is 1.74 bits per heavy atom. The zero-order valence-electron chi connectivity index (χ0n) is 31.6. The van der Waals surface area contributed by atoms with Crippen molar-refractivity contribution in [1.82, 2.24) is 0 Å². The standard InChI is InChI=1S/C48H45NO8/c50-49(51)42-23-13-22-39(29-42)40-24-25-43-41(28-40)26-27-48(56-43)47(55-33-38-20-11-4-12-21-38)46(54-32-37-18-9-3-10-19-37)45(53-31-36-16-7-2-8-17-36)44(57-48)34-52-30-35-14-5-1-6-15-35/h1-25,28-29,44-47H,26-27,30-34H2/t44-,45-,46+,47+,48+/m1/s1. The first-order chi connectivity index (χ1) is 28.0. The maximum Gasteiger partial charge on any atom is 0.270 e. The van der Waals surface area contributed by atoms with Gasteiger partial charge in [0.2, 0.25) is 5.79 Å². The fourth-order valence-electron chi connectivity index (χ4n) is 7.60. The van der Waals surface area contributed by atoms with Crippen molar-refractivity contribution < 1.29 is 33.3 Å². The first kappa shape index (κ1) is 38.2. The fourth-order valence-corrected chi connectivity index (χ4v) is 7.60. The Balaban J connectivity index is 1.16. The van der Waals surface area contributed by atoms with E-state index in [1.807, 2.05) is 146 Å². The molecule has 0 radical (unpaired) electrons. The van der Waals surface area contributed by atoms with Gasteiger partial charge in [0.25, 0.3) is 5.69 Å². The quantitative estimate of drug-likeness (QED) is 0.0754. The fraction of sp³-hybridized carbons (Fsp3) is 0.250. The molecule has 0 amide bonds. The molecule has 57 heavy (non-hydrogen) atoms. The van der Waals surface area contributed by atoms with Crippen molar-refractivity contribution in [2.45, 2.75) is 69.5 Å². The molecule has 9 heteroatoms. The van der Waals surface area contributed by atoms with E-state index in [-0.39, 0.29) is 17.2 Å². The lowest BCUT2D eigenvalue weighted by Crippen LogP contribution is -2.69. The molecule has 0 N–H and O–H groups in total. The Bertz CT molecular complexity index is 2200. The zero-order valence-corrected chi connectivity index (χ0v) is 31.6. The van der Waals surface area contributed by atoms with Gasteiger partial charge >= 0.3 is 0 Å². The lowest BCUT2D eigenvalue weighted by atomic mass is 9.85. The number of nitrogens with zero attached hydrogens (tertiary/aromatic N) is 1. The van der Waals surface area contributed by atoms with Crippen LogP contribution in [0.25, 0.3) is 11.1 Å². The molecular weight excluding hydrogens is 719 g/mol. The summed E-state index contributed by atoms with van der Waals surface area (Å²) in [6, 6.07) is 52.8. The van der Waals surface area contributed by atoms with Crippen molar-refractivity contribution in [3.8, 4) is 16.9 Å². The third-order valence-electron chi connectivity index (χ3n) is 10.5. The number of nitro benzene ring substituents is 1. The largest absolute Gasteiger partial charge is 0.459 e. The van der Waals surface area contributed by atoms with Crippen molar-refractivity contribution in [3.05, 3.63) is 202 Å². The highest BCUT2D eigenvalue weighted by atomic mass is 16.7. The van der Waals surface area contributed by atoms with Crippen LogP contribution in [0.3, 0.4) is 0 Å². The second-order valence-electron chi connectivity index (χ2n) is 14.4. The van der Waals surface area contributed by atoms with Gasteiger partial charge in [0.15, 0.2) is 6.10 Å². The molecule has 5 atom stereocenters. The number of rotatable bonds is 15. The average Bonchev–Trinajstić information content (AvgIpc) is 3.26. The van der Waals surface area contributed by atoms with Crippen LogP contribution in [-0.2, 0) is 56.5 Å². The molecule has 0 saturated carbocycles. The van der Waals surface area contributed by atoms with Gasteiger partial charge in [0.05, 0.1) is 38.0 Å². The maximum atomic E-state index is 11.5. The van der Waals surface area contributed by atoms with Crippen LogP contribution in [0.1, 0.15) is 34.2 Å². The van der Waals surface area contributed by atoms with E-state index in [4.69, 9.17) is 28.4 Å². The highest BCUT2D eigenvalue weighted by Crippen LogP contribution is 2.45. The molecule has 290 valence electrons. The number of aryl methyl sites for hydroxylation is 1. The summed E-state index contributed by atoms with van der Waals surface area (Å²) in [6.07, 6.45) is -1.51. The summed E-state index contributed by atoms with van der Waals surface area (Å²) in [7, 11) is 0. The highest BCUT2D eigenvalue weighted by Gasteiger charge is 2.59. The van der Waals surface area contributed by atoms with Crippen molar-refractivity contribution in [2.75, 3.05) is 6.61 Å². The monoisotopic (exact) mass is 763 g/mol. The summed E-state index contributed by atoms with van der Waals surface area (Å²) in [5, 5.41) is 11.5. The molecule has 0 aromatic heterocycles. The molecule has 2 aliphatic heterocycles. The lowest BCUT2D eigenvalue weighted by molar-refractivity contribution is -0.384. The molecule has 0 aliphatic carbocycles. The Kier molecular flexibility index (Phi) is 12.1. The van der Waals surface area contributed by atoms with Crippen molar-refractivity contribution >= 4 is 5.69 Å². The minimum Gasteiger partial charge on any atom is -0.459 e. The van der Waals surface area contributed by atoms with Gasteiger partial charge < -0.3 is 28.4 Å². The van der Waals surface area contributed by atoms with Crippen LogP contribution in [0.4, 0.5) is 5.69 Å². The predicted molar refractivity (Wildman–Crippen MR) is 216 cm³/mol. The minimum absolute atomic E-state index is 0.0422. The normalized spacial score (nSPS) is 21.4. The lowest BCUT2D eigenvalue weighted by Gasteiger charge is -2.53. The number of fused-ring (bicyclic) bond motifs is 1. The molecule has 9 nitrogen and oxygen atoms in total. The molecule has 0 bridgehead atoms. The molecule has 1 saturated heterocycles. The molecule has 1 fully saturated rings. The molecule has 1 spiro atoms. The van der Waals surface area contributed by atoms with Gasteiger partial charge in [-0.2, -0.15) is 0 Å². The Morgan fingerprint density at radius 2 is 1.14 bits per heavy atom. The highest BCUT2D eigenvalue weighted by molar-refractivity contribution is 5.68. The van der Waals surface area contributed by atoms with Gasteiger partial charge in [-0.05, 0) is 57.5 Å². The van der Waals surface area contributed by atoms with E-state index in [1.165, 1.54) is 6.07 Å². The van der Waals surface area contributed by atoms with Crippen LogP contribution < -0.4 is 4.74 Å². The molecule has 0 unspecified atom stereocenters. The first-order valence-corrected chi connectivity index (χ1v) is 19.4. The summed E-state index contributed by atoms with van der Waals surface area (Å²) < 4.78 is 41.4. The Hall–Kier alpha value is -5.68. The van der Waals surface area contributed by atoms with Crippen LogP contribution in [0.2, 0.25) is 0 Å². The van der Waals surface area contributed by atoms with Gasteiger partial charge in [0.1, 0.15) is 24.1 Å². The van der Waals surface area contributed by atoms with Crippen LogP contribution in [-0.4, -0.2) is 41.7 Å². The summed E-state index contributed by atoms with van der Waals surface area (Å²) in [5.41, 5.74) is 6.72. The Labute approximate surface area is 332 Å². The van der Waals surface area contributed by atoms with Gasteiger partial charge in [-0.15, -0.1) is 0 Å². The van der Waals surface area contributed by atoms with E-state index >= 15 is 0 Å². The Morgan fingerprint density at radius 1 is 0.596 bits per heavy atom. The van der Waals surface area contributed by atoms with E-state index < -0.39 is 30.2 Å². The van der Waals surface area contributed by atoms with Crippen LogP contribution in [0.15, 0.2) is 164 Å². The number of ether oxygens (including phenoxy) is 6. The third-order valence-corrected chi connectivity index (χ3v) is 10.5. The number of hydrogen-bond donors (Lipinski definition) is 0. The molecule has 2 heterocycles. The van der Waals surface area contributed by atoms with Crippen LogP contribution >= 0.6 is 0 Å². The van der Waals surface area contributed by atoms with Crippen molar-refractivity contribution in [2.24, 2.45) is 0 Å². The van der Waals surface area contributed by atoms with E-state index in [0.717, 1.165) is 38.9 Å². The van der Waals surface area contributed by atoms with Gasteiger partial charge in [-0.3, -0.25) is 10.1 Å². The SMILES string of the molecule is O=[N+]([O-])c1cccc(-c2ccc3c(c2)CC[C@]2(O3)O[C@H](COCc3ccccc3)[C@@H](OCc3ccccc3)[C@H](OCc3ccccc3)[C@@H]2OCc2ccccc2)c1. The third kappa shape index (κ3) is 9.31. The molecule has 8 rings (SSSR count). The van der Waals surface area contributed by atoms with E-state index in [2.05, 4.69) is 0 Å². The minimum atomic E-state index is -1.27. The van der Waals surface area contributed by atoms with Crippen LogP contribution in [0.5, 0.6) is 5.75 Å². The second kappa shape index (κ2) is 18.1. The average molecular weight is 764 g/mol. The molecule has 6 aromatic rings. The van der Waals surface area contributed by atoms with Crippen molar-refractivity contribution in [1.29, 1.82) is 0 Å². The summed E-state index contributed by atoms with van der Waals surface area (Å²) in [5.74, 6) is -0.623. The van der Waals surface area contributed by atoms with Gasteiger partial charge in [-0.25, -0.2) is 0 Å². The van der Waals surface area contributed by atoms with Gasteiger partial charge in [-0.1, -0.05) is 140 Å². The van der Waals surface area contributed by atoms with Crippen molar-refractivity contribution in [3.63, 3.8) is 0 Å². The topological polar surface area (TPSA) is 98.5 Å². The van der Waals surface area contributed by atoms with Crippen LogP contribution in [0, 0.1) is 10.1 Å². The maximum absolute atomic E-state index is 11.5. The zero-order chi connectivity index (χ0) is 38.9. The first-order valence-electron chi connectivity index (χ1n) is 19.4. The second-order valence-corrected chi connectivity index (χ2v) is 14.4. The number of nitro groups is 1. The summed E-state index contributed by atoms with van der Waals surface area (Å²) in [4.78, 5) is 11.2. The summed E-state index contributed by atoms with van der Waals surface area (Å²) in [6.45, 7) is 1.56.